The average Bonchev–Trinajstić information content (AvgIpc) is 2.48. The monoisotopic (exact) mass is 324 g/mol. The van der Waals surface area contributed by atoms with Gasteiger partial charge in [-0.1, -0.05) is 61.2 Å². The van der Waals surface area contributed by atoms with Gasteiger partial charge in [-0.2, -0.15) is 0 Å². The minimum absolute atomic E-state index is 0.343. The van der Waals surface area contributed by atoms with Crippen LogP contribution in [-0.4, -0.2) is 5.78 Å². The van der Waals surface area contributed by atoms with E-state index in [1.807, 2.05) is 13.8 Å². The number of benzene rings is 1. The number of ketones is 1. The minimum atomic E-state index is 0.343. The van der Waals surface area contributed by atoms with Crippen LogP contribution in [0.1, 0.15) is 70.3 Å². The normalized spacial score (nSPS) is 15.5. The zero-order valence-electron chi connectivity index (χ0n) is 12.1. The Labute approximate surface area is 125 Å². The highest BCUT2D eigenvalue weighted by Gasteiger charge is 2.14. The van der Waals surface area contributed by atoms with E-state index in [2.05, 4.69) is 40.2 Å². The Morgan fingerprint density at radius 2 is 1.58 bits per heavy atom. The van der Waals surface area contributed by atoms with Gasteiger partial charge in [-0.05, 0) is 36.5 Å². The Bertz CT molecular complexity index is 357. The molecule has 2 heteroatoms. The molecule has 106 valence electrons. The lowest BCUT2D eigenvalue weighted by atomic mass is 9.84. The van der Waals surface area contributed by atoms with Crippen LogP contribution in [0.5, 0.6) is 0 Å². The van der Waals surface area contributed by atoms with E-state index in [1.54, 1.807) is 0 Å². The standard InChI is InChI=1S/C12H15Br.C5H10O/c13-12-8-6-11(7-9-12)10-4-2-1-3-5-10;1-3-5(6)4-2/h6-10H,1-5H2;3-4H2,1-2H3. The van der Waals surface area contributed by atoms with Gasteiger partial charge in [-0.25, -0.2) is 0 Å². The number of carbonyl (C=O) groups is 1. The van der Waals surface area contributed by atoms with E-state index in [0.717, 1.165) is 5.92 Å². The summed E-state index contributed by atoms with van der Waals surface area (Å²) in [6.45, 7) is 3.76. The van der Waals surface area contributed by atoms with Crippen molar-refractivity contribution in [1.82, 2.24) is 0 Å². The molecule has 0 aromatic heterocycles. The number of Topliss-reactive ketones (excluding diaryl/α,β-unsaturated/α-hetero) is 1. The van der Waals surface area contributed by atoms with Crippen molar-refractivity contribution in [2.75, 3.05) is 0 Å². The third-order valence-corrected chi connectivity index (χ3v) is 4.26. The van der Waals surface area contributed by atoms with Gasteiger partial charge in [0.25, 0.3) is 0 Å². The van der Waals surface area contributed by atoms with Gasteiger partial charge in [-0.15, -0.1) is 0 Å². The second-order valence-electron chi connectivity index (χ2n) is 5.13. The molecular formula is C17H25BrO. The van der Waals surface area contributed by atoms with Crippen LogP contribution < -0.4 is 0 Å². The molecule has 1 fully saturated rings. The smallest absolute Gasteiger partial charge is 0.132 e. The fourth-order valence-electron chi connectivity index (χ4n) is 2.42. The van der Waals surface area contributed by atoms with Crippen LogP contribution in [0.25, 0.3) is 0 Å². The summed E-state index contributed by atoms with van der Waals surface area (Å²) in [5.74, 6) is 1.18. The number of hydrogen-bond donors (Lipinski definition) is 0. The molecule has 0 bridgehead atoms. The number of halogens is 1. The van der Waals surface area contributed by atoms with E-state index in [9.17, 15) is 4.79 Å². The molecule has 1 saturated carbocycles. The highest BCUT2D eigenvalue weighted by atomic mass is 79.9. The maximum atomic E-state index is 10.2. The number of rotatable bonds is 3. The van der Waals surface area contributed by atoms with E-state index < -0.39 is 0 Å². The van der Waals surface area contributed by atoms with Crippen molar-refractivity contribution in [3.63, 3.8) is 0 Å². The summed E-state index contributed by atoms with van der Waals surface area (Å²) in [5, 5.41) is 0. The topological polar surface area (TPSA) is 17.1 Å². The van der Waals surface area contributed by atoms with Crippen molar-refractivity contribution in [3.05, 3.63) is 34.3 Å². The fourth-order valence-corrected chi connectivity index (χ4v) is 2.69. The van der Waals surface area contributed by atoms with Gasteiger partial charge >= 0.3 is 0 Å². The molecule has 0 heterocycles. The molecule has 1 nitrogen and oxygen atoms in total. The first-order valence-corrected chi connectivity index (χ1v) is 8.23. The average molecular weight is 325 g/mol. The summed E-state index contributed by atoms with van der Waals surface area (Å²) in [6.07, 6.45) is 8.44. The van der Waals surface area contributed by atoms with Crippen molar-refractivity contribution >= 4 is 21.7 Å². The number of hydrogen-bond acceptors (Lipinski definition) is 1. The second-order valence-corrected chi connectivity index (χ2v) is 6.05. The largest absolute Gasteiger partial charge is 0.300 e. The van der Waals surface area contributed by atoms with Gasteiger partial charge < -0.3 is 0 Å². The molecule has 19 heavy (non-hydrogen) atoms. The maximum Gasteiger partial charge on any atom is 0.132 e. The van der Waals surface area contributed by atoms with Crippen molar-refractivity contribution < 1.29 is 4.79 Å². The van der Waals surface area contributed by atoms with Crippen molar-refractivity contribution in [2.24, 2.45) is 0 Å². The highest BCUT2D eigenvalue weighted by molar-refractivity contribution is 9.10. The number of carbonyl (C=O) groups excluding carboxylic acids is 1. The SMILES string of the molecule is Brc1ccc(C2CCCCC2)cc1.CCC(=O)CC. The summed E-state index contributed by atoms with van der Waals surface area (Å²) in [6, 6.07) is 8.84. The molecule has 1 aliphatic rings. The third-order valence-electron chi connectivity index (χ3n) is 3.74. The summed E-state index contributed by atoms with van der Waals surface area (Å²) in [7, 11) is 0. The quantitative estimate of drug-likeness (QED) is 0.679. The Hall–Kier alpha value is -0.630. The van der Waals surface area contributed by atoms with Crippen LogP contribution in [0.15, 0.2) is 28.7 Å². The molecule has 0 radical (unpaired) electrons. The Morgan fingerprint density at radius 3 is 2.00 bits per heavy atom. The van der Waals surface area contributed by atoms with Gasteiger partial charge in [0.1, 0.15) is 5.78 Å². The van der Waals surface area contributed by atoms with E-state index in [4.69, 9.17) is 0 Å². The lowest BCUT2D eigenvalue weighted by Crippen LogP contribution is -2.03. The van der Waals surface area contributed by atoms with E-state index >= 15 is 0 Å². The van der Waals surface area contributed by atoms with E-state index in [1.165, 1.54) is 42.1 Å². The zero-order valence-corrected chi connectivity index (χ0v) is 13.7. The van der Waals surface area contributed by atoms with Gasteiger partial charge in [0.05, 0.1) is 0 Å². The molecule has 1 aromatic carbocycles. The maximum absolute atomic E-state index is 10.2. The predicted octanol–water partition coefficient (Wildman–Crippen LogP) is 5.87. The first-order chi connectivity index (χ1) is 9.17. The van der Waals surface area contributed by atoms with Gasteiger partial charge in [-0.3, -0.25) is 4.79 Å². The second kappa shape index (κ2) is 9.30. The van der Waals surface area contributed by atoms with Gasteiger partial charge in [0, 0.05) is 17.3 Å². The summed E-state index contributed by atoms with van der Waals surface area (Å²) in [4.78, 5) is 10.2. The van der Waals surface area contributed by atoms with Crippen LogP contribution in [0.4, 0.5) is 0 Å². The van der Waals surface area contributed by atoms with E-state index in [-0.39, 0.29) is 0 Å². The highest BCUT2D eigenvalue weighted by Crippen LogP contribution is 2.32. The molecule has 0 amide bonds. The van der Waals surface area contributed by atoms with Crippen LogP contribution in [0, 0.1) is 0 Å². The summed E-state index contributed by atoms with van der Waals surface area (Å²) >= 11 is 3.47. The Balaban J connectivity index is 0.000000258. The van der Waals surface area contributed by atoms with Gasteiger partial charge in [0.2, 0.25) is 0 Å². The summed E-state index contributed by atoms with van der Waals surface area (Å²) in [5.41, 5.74) is 1.53. The minimum Gasteiger partial charge on any atom is -0.300 e. The van der Waals surface area contributed by atoms with Gasteiger partial charge in [0.15, 0.2) is 0 Å². The molecule has 0 N–H and O–H groups in total. The third kappa shape index (κ3) is 6.38. The summed E-state index contributed by atoms with van der Waals surface area (Å²) < 4.78 is 1.19. The van der Waals surface area contributed by atoms with Crippen molar-refractivity contribution in [3.8, 4) is 0 Å². The molecular weight excluding hydrogens is 300 g/mol. The molecule has 0 unspecified atom stereocenters. The first kappa shape index (κ1) is 16.4. The Kier molecular flexibility index (Phi) is 8.04. The van der Waals surface area contributed by atoms with Crippen molar-refractivity contribution in [1.29, 1.82) is 0 Å². The molecule has 0 aliphatic heterocycles. The predicted molar refractivity (Wildman–Crippen MR) is 85.6 cm³/mol. The molecule has 1 aromatic rings. The fraction of sp³-hybridized carbons (Fsp3) is 0.588. The molecule has 0 spiro atoms. The molecule has 1 aliphatic carbocycles. The van der Waals surface area contributed by atoms with E-state index in [0.29, 0.717) is 18.6 Å². The molecule has 2 rings (SSSR count). The molecule has 0 atom stereocenters. The lowest BCUT2D eigenvalue weighted by molar-refractivity contribution is -0.118. The van der Waals surface area contributed by atoms with Crippen LogP contribution >= 0.6 is 15.9 Å². The van der Waals surface area contributed by atoms with Crippen LogP contribution in [0.2, 0.25) is 0 Å². The molecule has 0 saturated heterocycles. The van der Waals surface area contributed by atoms with Crippen LogP contribution in [-0.2, 0) is 4.79 Å². The lowest BCUT2D eigenvalue weighted by Gasteiger charge is -2.21. The van der Waals surface area contributed by atoms with Crippen LogP contribution in [0.3, 0.4) is 0 Å². The zero-order chi connectivity index (χ0) is 14.1. The first-order valence-electron chi connectivity index (χ1n) is 7.44. The van der Waals surface area contributed by atoms with Crippen molar-refractivity contribution in [2.45, 2.75) is 64.7 Å². The Morgan fingerprint density at radius 1 is 1.05 bits per heavy atom.